The molecule has 24 heavy (non-hydrogen) atoms. The lowest BCUT2D eigenvalue weighted by molar-refractivity contribution is -0.158. The van der Waals surface area contributed by atoms with Gasteiger partial charge in [-0.15, -0.1) is 0 Å². The zero-order valence-corrected chi connectivity index (χ0v) is 14.2. The third-order valence-electron chi connectivity index (χ3n) is 5.82. The van der Waals surface area contributed by atoms with Crippen molar-refractivity contribution in [2.24, 2.45) is 29.1 Å². The third kappa shape index (κ3) is 2.70. The zero-order chi connectivity index (χ0) is 17.6. The van der Waals surface area contributed by atoms with Gasteiger partial charge in [0.15, 0.2) is 6.61 Å². The van der Waals surface area contributed by atoms with E-state index in [1.54, 1.807) is 13.8 Å². The number of fused-ring (bicyclic) bond motifs is 1. The van der Waals surface area contributed by atoms with Crippen molar-refractivity contribution in [3.63, 3.8) is 0 Å². The molecule has 0 radical (unpaired) electrons. The molecule has 0 aromatic heterocycles. The number of carbonyl (C=O) groups excluding carboxylic acids is 4. The van der Waals surface area contributed by atoms with E-state index in [1.165, 1.54) is 0 Å². The minimum Gasteiger partial charge on any atom is -0.461 e. The van der Waals surface area contributed by atoms with Crippen LogP contribution in [0.2, 0.25) is 0 Å². The summed E-state index contributed by atoms with van der Waals surface area (Å²) in [6.45, 7) is 4.84. The Labute approximate surface area is 140 Å². The Balaban J connectivity index is 1.52. The van der Waals surface area contributed by atoms with E-state index in [4.69, 9.17) is 9.47 Å². The van der Waals surface area contributed by atoms with Crippen molar-refractivity contribution in [1.82, 2.24) is 5.32 Å². The van der Waals surface area contributed by atoms with Gasteiger partial charge >= 0.3 is 11.9 Å². The molecular formula is C17H23NO6. The fraction of sp³-hybridized carbons (Fsp3) is 0.765. The van der Waals surface area contributed by atoms with Crippen LogP contribution in [0.4, 0.5) is 0 Å². The van der Waals surface area contributed by atoms with Gasteiger partial charge in [-0.05, 0) is 39.0 Å². The van der Waals surface area contributed by atoms with E-state index in [9.17, 15) is 19.2 Å². The molecule has 5 unspecified atom stereocenters. The van der Waals surface area contributed by atoms with Crippen molar-refractivity contribution in [3.05, 3.63) is 0 Å². The predicted molar refractivity (Wildman–Crippen MR) is 81.3 cm³/mol. The summed E-state index contributed by atoms with van der Waals surface area (Å²) in [5.41, 5.74) is -0.665. The van der Waals surface area contributed by atoms with Gasteiger partial charge in [0.25, 0.3) is 5.91 Å². The van der Waals surface area contributed by atoms with E-state index in [0.717, 1.165) is 6.42 Å². The van der Waals surface area contributed by atoms with Gasteiger partial charge in [-0.25, -0.2) is 0 Å². The summed E-state index contributed by atoms with van der Waals surface area (Å²) in [7, 11) is 0. The molecule has 0 aromatic rings. The molecule has 3 aliphatic rings. The predicted octanol–water partition coefficient (Wildman–Crippen LogP) is 0.806. The summed E-state index contributed by atoms with van der Waals surface area (Å²) in [5.74, 6) is -2.12. The fourth-order valence-electron chi connectivity index (χ4n) is 4.05. The topological polar surface area (TPSA) is 98.8 Å². The van der Waals surface area contributed by atoms with Crippen LogP contribution in [0.15, 0.2) is 0 Å². The molecule has 3 fully saturated rings. The Hall–Kier alpha value is -1.92. The van der Waals surface area contributed by atoms with Gasteiger partial charge in [0.1, 0.15) is 6.10 Å². The average molecular weight is 337 g/mol. The summed E-state index contributed by atoms with van der Waals surface area (Å²) in [6, 6.07) is 0. The van der Waals surface area contributed by atoms with E-state index < -0.39 is 41.8 Å². The molecule has 7 heteroatoms. The smallest absolute Gasteiger partial charge is 0.312 e. The van der Waals surface area contributed by atoms with E-state index in [2.05, 4.69) is 5.32 Å². The first-order valence-corrected chi connectivity index (χ1v) is 8.46. The van der Waals surface area contributed by atoms with Crippen LogP contribution in [0.3, 0.4) is 0 Å². The number of nitrogens with one attached hydrogen (secondary N) is 1. The van der Waals surface area contributed by atoms with Crippen molar-refractivity contribution in [3.8, 4) is 0 Å². The second-order valence-electron chi connectivity index (χ2n) is 7.66. The molecule has 3 rings (SSSR count). The van der Waals surface area contributed by atoms with E-state index >= 15 is 0 Å². The first-order valence-electron chi connectivity index (χ1n) is 8.46. The molecule has 0 aromatic carbocycles. The molecule has 1 heterocycles. The minimum absolute atomic E-state index is 0.0722. The number of hydrogen-bond acceptors (Lipinski definition) is 6. The second-order valence-corrected chi connectivity index (χ2v) is 7.66. The molecule has 2 amide bonds. The summed E-state index contributed by atoms with van der Waals surface area (Å²) >= 11 is 0. The average Bonchev–Trinajstić information content (AvgIpc) is 3.14. The maximum absolute atomic E-state index is 12.4. The van der Waals surface area contributed by atoms with Gasteiger partial charge in [-0.2, -0.15) is 0 Å². The lowest BCUT2D eigenvalue weighted by Gasteiger charge is -2.24. The Bertz CT molecular complexity index is 598. The van der Waals surface area contributed by atoms with Crippen molar-refractivity contribution in [2.75, 3.05) is 6.61 Å². The summed E-state index contributed by atoms with van der Waals surface area (Å²) in [6.07, 6.45) is 1.64. The number of esters is 2. The Morgan fingerprint density at radius 2 is 2.00 bits per heavy atom. The van der Waals surface area contributed by atoms with E-state index in [0.29, 0.717) is 12.8 Å². The largest absolute Gasteiger partial charge is 0.461 e. The van der Waals surface area contributed by atoms with E-state index in [-0.39, 0.29) is 23.7 Å². The SMILES string of the molecule is CCC(C)(C)C(=O)OCC(=O)NC(=O)C1C2CC3C(=O)OC1C3C2. The van der Waals surface area contributed by atoms with Crippen LogP contribution in [0.1, 0.15) is 40.0 Å². The van der Waals surface area contributed by atoms with Crippen LogP contribution in [-0.4, -0.2) is 36.5 Å². The molecule has 1 N–H and O–H groups in total. The number of amides is 2. The summed E-state index contributed by atoms with van der Waals surface area (Å²) in [5, 5.41) is 2.28. The van der Waals surface area contributed by atoms with Gasteiger partial charge in [-0.1, -0.05) is 6.92 Å². The molecule has 132 valence electrons. The molecule has 5 atom stereocenters. The van der Waals surface area contributed by atoms with E-state index in [1.807, 2.05) is 6.92 Å². The normalized spacial score (nSPS) is 33.3. The molecule has 2 bridgehead atoms. The van der Waals surface area contributed by atoms with Gasteiger partial charge < -0.3 is 9.47 Å². The number of rotatable bonds is 5. The highest BCUT2D eigenvalue weighted by molar-refractivity contribution is 5.98. The highest BCUT2D eigenvalue weighted by Gasteiger charge is 2.63. The molecule has 2 saturated carbocycles. The number of ether oxygens (including phenoxy) is 2. The Kier molecular flexibility index (Phi) is 4.13. The third-order valence-corrected chi connectivity index (χ3v) is 5.82. The quantitative estimate of drug-likeness (QED) is 0.745. The number of imide groups is 1. The minimum atomic E-state index is -0.665. The molecule has 7 nitrogen and oxygen atoms in total. The molecule has 1 aliphatic heterocycles. The summed E-state index contributed by atoms with van der Waals surface area (Å²) < 4.78 is 10.3. The number of carbonyl (C=O) groups is 4. The highest BCUT2D eigenvalue weighted by Crippen LogP contribution is 2.57. The maximum Gasteiger partial charge on any atom is 0.312 e. The molecule has 1 saturated heterocycles. The lowest BCUT2D eigenvalue weighted by atomic mass is 9.82. The molecular weight excluding hydrogens is 314 g/mol. The fourth-order valence-corrected chi connectivity index (χ4v) is 4.05. The van der Waals surface area contributed by atoms with Crippen molar-refractivity contribution in [2.45, 2.75) is 46.1 Å². The van der Waals surface area contributed by atoms with Crippen LogP contribution in [0.25, 0.3) is 0 Å². The van der Waals surface area contributed by atoms with Crippen molar-refractivity contribution >= 4 is 23.8 Å². The van der Waals surface area contributed by atoms with Gasteiger partial charge in [0.2, 0.25) is 5.91 Å². The first-order chi connectivity index (χ1) is 11.2. The Morgan fingerprint density at radius 3 is 2.67 bits per heavy atom. The van der Waals surface area contributed by atoms with Crippen molar-refractivity contribution < 1.29 is 28.7 Å². The highest BCUT2D eigenvalue weighted by atomic mass is 16.6. The van der Waals surface area contributed by atoms with Crippen LogP contribution < -0.4 is 5.32 Å². The van der Waals surface area contributed by atoms with Crippen LogP contribution in [0.5, 0.6) is 0 Å². The second kappa shape index (κ2) is 5.86. The van der Waals surface area contributed by atoms with Gasteiger partial charge in [0, 0.05) is 5.92 Å². The standard InChI is InChI=1S/C17H23NO6/c1-4-17(2,3)16(22)23-7-11(19)18-14(20)12-8-5-9-10(6-8)15(21)24-13(9)12/h8-10,12-13H,4-7H2,1-3H3,(H,18,19,20). The van der Waals surface area contributed by atoms with Crippen LogP contribution in [0, 0.1) is 29.1 Å². The van der Waals surface area contributed by atoms with Crippen LogP contribution in [-0.2, 0) is 28.7 Å². The Morgan fingerprint density at radius 1 is 1.29 bits per heavy atom. The molecule has 0 spiro atoms. The molecule has 2 aliphatic carbocycles. The van der Waals surface area contributed by atoms with Gasteiger partial charge in [0.05, 0.1) is 17.3 Å². The zero-order valence-electron chi connectivity index (χ0n) is 14.2. The maximum atomic E-state index is 12.4. The van der Waals surface area contributed by atoms with Gasteiger partial charge in [-0.3, -0.25) is 24.5 Å². The lowest BCUT2D eigenvalue weighted by Crippen LogP contribution is -2.44. The first kappa shape index (κ1) is 16.9. The number of hydrogen-bond donors (Lipinski definition) is 1. The van der Waals surface area contributed by atoms with Crippen LogP contribution >= 0.6 is 0 Å². The monoisotopic (exact) mass is 337 g/mol. The summed E-state index contributed by atoms with van der Waals surface area (Å²) in [4.78, 5) is 47.8. The van der Waals surface area contributed by atoms with Crippen molar-refractivity contribution in [1.29, 1.82) is 0 Å².